The van der Waals surface area contributed by atoms with Crippen molar-refractivity contribution in [2.75, 3.05) is 5.32 Å². The Morgan fingerprint density at radius 3 is 2.80 bits per heavy atom. The minimum atomic E-state index is -0.101. The number of nitrogens with one attached hydrogen (secondary N) is 1. The second-order valence-electron chi connectivity index (χ2n) is 6.87. The van der Waals surface area contributed by atoms with Gasteiger partial charge in [-0.25, -0.2) is 4.98 Å². The van der Waals surface area contributed by atoms with Gasteiger partial charge in [-0.2, -0.15) is 0 Å². The number of pyridine rings is 1. The lowest BCUT2D eigenvalue weighted by Gasteiger charge is -2.10. The van der Waals surface area contributed by atoms with Gasteiger partial charge in [-0.05, 0) is 47.9 Å². The first kappa shape index (κ1) is 20.4. The van der Waals surface area contributed by atoms with E-state index >= 15 is 0 Å². The molecule has 152 valence electrons. The summed E-state index contributed by atoms with van der Waals surface area (Å²) in [5.74, 6) is 0.605. The molecule has 2 heterocycles. The highest BCUT2D eigenvalue weighted by Crippen LogP contribution is 2.27. The van der Waals surface area contributed by atoms with Crippen molar-refractivity contribution < 1.29 is 4.79 Å². The lowest BCUT2D eigenvalue weighted by Crippen LogP contribution is -2.19. The zero-order valence-electron chi connectivity index (χ0n) is 16.5. The van der Waals surface area contributed by atoms with Gasteiger partial charge in [-0.1, -0.05) is 54.6 Å². The molecule has 0 fully saturated rings. The van der Waals surface area contributed by atoms with E-state index in [-0.39, 0.29) is 12.5 Å². The smallest absolute Gasteiger partial charge is 0.244 e. The van der Waals surface area contributed by atoms with E-state index in [9.17, 15) is 4.79 Å². The first-order valence-corrected chi connectivity index (χ1v) is 11.0. The molecule has 4 rings (SSSR count). The third kappa shape index (κ3) is 4.83. The number of nitrogens with zero attached hydrogens (tertiary/aromatic N) is 3. The molecule has 0 saturated heterocycles. The quantitative estimate of drug-likeness (QED) is 0.384. The SMILES string of the molecule is CCc1cccc(NC(=O)Cn2c(SCc3cccc(Cl)c3)nc3ccncc32)c1. The van der Waals surface area contributed by atoms with Gasteiger partial charge in [-0.3, -0.25) is 9.78 Å². The molecule has 0 aliphatic rings. The van der Waals surface area contributed by atoms with E-state index in [0.29, 0.717) is 10.8 Å². The van der Waals surface area contributed by atoms with Crippen molar-refractivity contribution in [3.05, 3.63) is 83.1 Å². The van der Waals surface area contributed by atoms with Crippen molar-refractivity contribution in [2.24, 2.45) is 0 Å². The number of imidazole rings is 1. The molecule has 1 N–H and O–H groups in total. The molecule has 0 aliphatic heterocycles. The van der Waals surface area contributed by atoms with Crippen LogP contribution in [-0.2, 0) is 23.5 Å². The molecule has 2 aromatic carbocycles. The Morgan fingerprint density at radius 2 is 1.97 bits per heavy atom. The van der Waals surface area contributed by atoms with Crippen molar-refractivity contribution in [3.63, 3.8) is 0 Å². The molecular weight excluding hydrogens is 416 g/mol. The highest BCUT2D eigenvalue weighted by atomic mass is 35.5. The van der Waals surface area contributed by atoms with Crippen LogP contribution in [0.4, 0.5) is 5.69 Å². The first-order chi connectivity index (χ1) is 14.6. The second-order valence-corrected chi connectivity index (χ2v) is 8.24. The molecule has 0 saturated carbocycles. The number of fused-ring (bicyclic) bond motifs is 1. The van der Waals surface area contributed by atoms with Crippen LogP contribution in [0.1, 0.15) is 18.1 Å². The standard InChI is InChI=1S/C23H21ClN4OS/c1-2-16-5-4-8-19(12-16)26-22(29)14-28-21-13-25-10-9-20(21)27-23(28)30-15-17-6-3-7-18(24)11-17/h3-13H,2,14-15H2,1H3,(H,26,29). The van der Waals surface area contributed by atoms with Crippen LogP contribution in [0.2, 0.25) is 5.02 Å². The summed E-state index contributed by atoms with van der Waals surface area (Å²) in [6, 6.07) is 17.5. The number of aryl methyl sites for hydroxylation is 1. The van der Waals surface area contributed by atoms with Gasteiger partial charge >= 0.3 is 0 Å². The van der Waals surface area contributed by atoms with Crippen LogP contribution in [0.3, 0.4) is 0 Å². The van der Waals surface area contributed by atoms with Crippen molar-refractivity contribution in [2.45, 2.75) is 30.8 Å². The summed E-state index contributed by atoms with van der Waals surface area (Å²) in [4.78, 5) is 21.7. The van der Waals surface area contributed by atoms with Crippen molar-refractivity contribution in [3.8, 4) is 0 Å². The molecule has 0 spiro atoms. The molecule has 0 unspecified atom stereocenters. The molecular formula is C23H21ClN4OS. The largest absolute Gasteiger partial charge is 0.325 e. The van der Waals surface area contributed by atoms with Crippen LogP contribution in [0, 0.1) is 0 Å². The number of hydrogen-bond donors (Lipinski definition) is 1. The number of anilines is 1. The summed E-state index contributed by atoms with van der Waals surface area (Å²) in [6.07, 6.45) is 4.38. The Kier molecular flexibility index (Phi) is 6.35. The first-order valence-electron chi connectivity index (χ1n) is 9.68. The summed E-state index contributed by atoms with van der Waals surface area (Å²) in [6.45, 7) is 2.26. The molecule has 4 aromatic rings. The fourth-order valence-electron chi connectivity index (χ4n) is 3.20. The number of halogens is 1. The average Bonchev–Trinajstić information content (AvgIpc) is 3.10. The van der Waals surface area contributed by atoms with Crippen LogP contribution in [-0.4, -0.2) is 20.4 Å². The Labute approximate surface area is 184 Å². The summed E-state index contributed by atoms with van der Waals surface area (Å²) in [7, 11) is 0. The van der Waals surface area contributed by atoms with Gasteiger partial charge in [0.2, 0.25) is 5.91 Å². The maximum Gasteiger partial charge on any atom is 0.244 e. The van der Waals surface area contributed by atoms with E-state index in [4.69, 9.17) is 16.6 Å². The topological polar surface area (TPSA) is 59.8 Å². The van der Waals surface area contributed by atoms with Gasteiger partial charge < -0.3 is 9.88 Å². The number of hydrogen-bond acceptors (Lipinski definition) is 4. The highest BCUT2D eigenvalue weighted by molar-refractivity contribution is 7.98. The minimum absolute atomic E-state index is 0.101. The van der Waals surface area contributed by atoms with Crippen LogP contribution in [0.25, 0.3) is 11.0 Å². The number of amides is 1. The van der Waals surface area contributed by atoms with E-state index in [2.05, 4.69) is 23.3 Å². The van der Waals surface area contributed by atoms with E-state index in [0.717, 1.165) is 33.9 Å². The molecule has 0 bridgehead atoms. The summed E-state index contributed by atoms with van der Waals surface area (Å²) >= 11 is 7.67. The molecule has 0 radical (unpaired) electrons. The maximum atomic E-state index is 12.8. The lowest BCUT2D eigenvalue weighted by atomic mass is 10.1. The van der Waals surface area contributed by atoms with Gasteiger partial charge in [0.05, 0.1) is 17.2 Å². The maximum absolute atomic E-state index is 12.8. The Hall–Kier alpha value is -2.83. The van der Waals surface area contributed by atoms with E-state index in [1.54, 1.807) is 24.2 Å². The van der Waals surface area contributed by atoms with E-state index in [1.807, 2.05) is 53.1 Å². The molecule has 5 nitrogen and oxygen atoms in total. The van der Waals surface area contributed by atoms with E-state index in [1.165, 1.54) is 5.56 Å². The predicted molar refractivity (Wildman–Crippen MR) is 123 cm³/mol. The summed E-state index contributed by atoms with van der Waals surface area (Å²) in [5, 5.41) is 4.47. The summed E-state index contributed by atoms with van der Waals surface area (Å²) < 4.78 is 1.91. The molecule has 30 heavy (non-hydrogen) atoms. The third-order valence-corrected chi connectivity index (χ3v) is 5.98. The number of benzene rings is 2. The minimum Gasteiger partial charge on any atom is -0.325 e. The van der Waals surface area contributed by atoms with Gasteiger partial charge in [-0.15, -0.1) is 0 Å². The van der Waals surface area contributed by atoms with Crippen molar-refractivity contribution in [1.82, 2.24) is 14.5 Å². The van der Waals surface area contributed by atoms with Crippen LogP contribution >= 0.6 is 23.4 Å². The molecule has 7 heteroatoms. The Morgan fingerprint density at radius 1 is 1.13 bits per heavy atom. The molecule has 2 aromatic heterocycles. The number of rotatable bonds is 7. The highest BCUT2D eigenvalue weighted by Gasteiger charge is 2.15. The van der Waals surface area contributed by atoms with Gasteiger partial charge in [0.15, 0.2) is 5.16 Å². The summed E-state index contributed by atoms with van der Waals surface area (Å²) in [5.41, 5.74) is 4.74. The van der Waals surface area contributed by atoms with E-state index < -0.39 is 0 Å². The predicted octanol–water partition coefficient (Wildman–Crippen LogP) is 5.58. The van der Waals surface area contributed by atoms with Gasteiger partial charge in [0, 0.05) is 22.7 Å². The van der Waals surface area contributed by atoms with Crippen LogP contribution < -0.4 is 5.32 Å². The second kappa shape index (κ2) is 9.32. The molecule has 0 aliphatic carbocycles. The fraction of sp³-hybridized carbons (Fsp3) is 0.174. The lowest BCUT2D eigenvalue weighted by molar-refractivity contribution is -0.116. The average molecular weight is 437 g/mol. The monoisotopic (exact) mass is 436 g/mol. The Balaban J connectivity index is 1.55. The van der Waals surface area contributed by atoms with Gasteiger partial charge in [0.25, 0.3) is 0 Å². The number of carbonyl (C=O) groups is 1. The number of aromatic nitrogens is 3. The Bertz CT molecular complexity index is 1190. The number of thioether (sulfide) groups is 1. The normalized spacial score (nSPS) is 11.0. The zero-order valence-corrected chi connectivity index (χ0v) is 18.1. The van der Waals surface area contributed by atoms with Gasteiger partial charge in [0.1, 0.15) is 6.54 Å². The number of carbonyl (C=O) groups excluding carboxylic acids is 1. The zero-order chi connectivity index (χ0) is 20.9. The fourth-order valence-corrected chi connectivity index (χ4v) is 4.37. The third-order valence-electron chi connectivity index (χ3n) is 4.69. The molecule has 0 atom stereocenters. The van der Waals surface area contributed by atoms with Crippen molar-refractivity contribution >= 4 is 46.0 Å². The van der Waals surface area contributed by atoms with Crippen molar-refractivity contribution in [1.29, 1.82) is 0 Å². The van der Waals surface area contributed by atoms with Crippen LogP contribution in [0.5, 0.6) is 0 Å². The van der Waals surface area contributed by atoms with Crippen LogP contribution in [0.15, 0.2) is 72.1 Å². The molecule has 1 amide bonds.